The lowest BCUT2D eigenvalue weighted by molar-refractivity contribution is -0.183. The van der Waals surface area contributed by atoms with E-state index in [1.807, 2.05) is 6.92 Å². The maximum absolute atomic E-state index is 9.01. The van der Waals surface area contributed by atoms with Gasteiger partial charge in [-0.15, -0.1) is 0 Å². The van der Waals surface area contributed by atoms with Gasteiger partial charge in [-0.1, -0.05) is 0 Å². The van der Waals surface area contributed by atoms with Gasteiger partial charge in [0, 0.05) is 6.42 Å². The van der Waals surface area contributed by atoms with Crippen molar-refractivity contribution >= 4 is 0 Å². The molecule has 0 saturated carbocycles. The lowest BCUT2D eigenvalue weighted by Gasteiger charge is -2.27. The van der Waals surface area contributed by atoms with Crippen molar-refractivity contribution in [1.82, 2.24) is 0 Å². The molecule has 54 valence electrons. The van der Waals surface area contributed by atoms with Gasteiger partial charge >= 0.3 is 0 Å². The summed E-state index contributed by atoms with van der Waals surface area (Å²) >= 11 is 0. The summed E-state index contributed by atoms with van der Waals surface area (Å²) in [5, 5.41) is 17.9. The number of ether oxygens (including phenoxy) is 1. The molecule has 0 aromatic heterocycles. The molecule has 2 N–H and O–H groups in total. The van der Waals surface area contributed by atoms with E-state index < -0.39 is 6.29 Å². The standard InChI is InChI=1S/C6H12O3/c1-4-2-5(7)3-6(8)9-4/h4-8H,2-3H2,1H3/t4-,5+,6?/m1/s1. The van der Waals surface area contributed by atoms with E-state index >= 15 is 0 Å². The van der Waals surface area contributed by atoms with Crippen molar-refractivity contribution in [3.8, 4) is 0 Å². The Kier molecular flexibility index (Phi) is 2.05. The molecule has 0 radical (unpaired) electrons. The molecule has 0 amide bonds. The maximum Gasteiger partial charge on any atom is 0.157 e. The zero-order valence-corrected chi connectivity index (χ0v) is 5.45. The van der Waals surface area contributed by atoms with Crippen molar-refractivity contribution in [2.75, 3.05) is 0 Å². The molecule has 1 unspecified atom stereocenters. The summed E-state index contributed by atoms with van der Waals surface area (Å²) in [6.45, 7) is 1.84. The van der Waals surface area contributed by atoms with Crippen molar-refractivity contribution in [3.63, 3.8) is 0 Å². The zero-order chi connectivity index (χ0) is 6.85. The second-order valence-electron chi connectivity index (χ2n) is 2.53. The molecule has 1 aliphatic rings. The Balaban J connectivity index is 2.34. The van der Waals surface area contributed by atoms with Crippen molar-refractivity contribution in [2.45, 2.75) is 38.3 Å². The van der Waals surface area contributed by atoms with Gasteiger partial charge < -0.3 is 14.9 Å². The van der Waals surface area contributed by atoms with E-state index in [4.69, 9.17) is 14.9 Å². The summed E-state index contributed by atoms with van der Waals surface area (Å²) in [7, 11) is 0. The first-order chi connectivity index (χ1) is 4.18. The van der Waals surface area contributed by atoms with E-state index in [9.17, 15) is 0 Å². The third-order valence-corrected chi connectivity index (χ3v) is 1.47. The number of aliphatic hydroxyl groups is 2. The fourth-order valence-corrected chi connectivity index (χ4v) is 1.09. The summed E-state index contributed by atoms with van der Waals surface area (Å²) in [4.78, 5) is 0. The van der Waals surface area contributed by atoms with Crippen LogP contribution in [0.5, 0.6) is 0 Å². The van der Waals surface area contributed by atoms with E-state index in [1.54, 1.807) is 0 Å². The van der Waals surface area contributed by atoms with Crippen LogP contribution in [-0.4, -0.2) is 28.7 Å². The molecule has 3 nitrogen and oxygen atoms in total. The van der Waals surface area contributed by atoms with Gasteiger partial charge in [-0.2, -0.15) is 0 Å². The minimum absolute atomic E-state index is 0.0104. The maximum atomic E-state index is 9.01. The fraction of sp³-hybridized carbons (Fsp3) is 1.00. The third-order valence-electron chi connectivity index (χ3n) is 1.47. The van der Waals surface area contributed by atoms with E-state index in [-0.39, 0.29) is 12.2 Å². The summed E-state index contributed by atoms with van der Waals surface area (Å²) < 4.78 is 4.95. The highest BCUT2D eigenvalue weighted by atomic mass is 16.6. The van der Waals surface area contributed by atoms with Gasteiger partial charge in [-0.3, -0.25) is 0 Å². The van der Waals surface area contributed by atoms with Gasteiger partial charge in [0.2, 0.25) is 0 Å². The molecule has 9 heavy (non-hydrogen) atoms. The van der Waals surface area contributed by atoms with Crippen LogP contribution in [0.25, 0.3) is 0 Å². The Morgan fingerprint density at radius 2 is 2.00 bits per heavy atom. The molecule has 0 aromatic carbocycles. The molecule has 0 spiro atoms. The first kappa shape index (κ1) is 6.99. The number of hydrogen-bond donors (Lipinski definition) is 2. The Bertz CT molecular complexity index is 69.3. The van der Waals surface area contributed by atoms with Crippen LogP contribution in [0.3, 0.4) is 0 Å². The van der Waals surface area contributed by atoms with Crippen LogP contribution >= 0.6 is 0 Å². The average molecular weight is 132 g/mol. The van der Waals surface area contributed by atoms with Crippen LogP contribution < -0.4 is 0 Å². The molecule has 0 aliphatic carbocycles. The Hall–Kier alpha value is -0.120. The van der Waals surface area contributed by atoms with E-state index in [2.05, 4.69) is 0 Å². The van der Waals surface area contributed by atoms with Crippen LogP contribution in [-0.2, 0) is 4.74 Å². The zero-order valence-electron chi connectivity index (χ0n) is 5.45. The molecule has 1 aliphatic heterocycles. The first-order valence-corrected chi connectivity index (χ1v) is 3.20. The Labute approximate surface area is 54.3 Å². The minimum atomic E-state index is -0.760. The van der Waals surface area contributed by atoms with Gasteiger partial charge in [-0.25, -0.2) is 0 Å². The average Bonchev–Trinajstić information content (AvgIpc) is 1.59. The monoisotopic (exact) mass is 132 g/mol. The highest BCUT2D eigenvalue weighted by molar-refractivity contribution is 4.68. The quantitative estimate of drug-likeness (QED) is 0.482. The van der Waals surface area contributed by atoms with Crippen molar-refractivity contribution in [1.29, 1.82) is 0 Å². The first-order valence-electron chi connectivity index (χ1n) is 3.20. The molecule has 1 heterocycles. The minimum Gasteiger partial charge on any atom is -0.393 e. The van der Waals surface area contributed by atoms with Gasteiger partial charge in [0.25, 0.3) is 0 Å². The predicted octanol–water partition coefficient (Wildman–Crippen LogP) is -0.135. The molecular formula is C6H12O3. The normalized spacial score (nSPS) is 45.0. The summed E-state index contributed by atoms with van der Waals surface area (Å²) in [6, 6.07) is 0. The molecule has 3 heteroatoms. The molecule has 1 rings (SSSR count). The number of rotatable bonds is 0. The van der Waals surface area contributed by atoms with Crippen LogP contribution in [0.1, 0.15) is 19.8 Å². The second-order valence-corrected chi connectivity index (χ2v) is 2.53. The van der Waals surface area contributed by atoms with Crippen LogP contribution in [0, 0.1) is 0 Å². The highest BCUT2D eigenvalue weighted by Gasteiger charge is 2.23. The van der Waals surface area contributed by atoms with Crippen molar-refractivity contribution in [2.24, 2.45) is 0 Å². The van der Waals surface area contributed by atoms with E-state index in [1.165, 1.54) is 0 Å². The third kappa shape index (κ3) is 1.93. The van der Waals surface area contributed by atoms with Crippen LogP contribution in [0.2, 0.25) is 0 Å². The molecule has 1 fully saturated rings. The summed E-state index contributed by atoms with van der Waals surface area (Å²) in [5.74, 6) is 0. The second kappa shape index (κ2) is 2.64. The molecule has 3 atom stereocenters. The number of hydrogen-bond acceptors (Lipinski definition) is 3. The van der Waals surface area contributed by atoms with Crippen LogP contribution in [0.4, 0.5) is 0 Å². The molecule has 0 aromatic rings. The fourth-order valence-electron chi connectivity index (χ4n) is 1.09. The smallest absolute Gasteiger partial charge is 0.157 e. The van der Waals surface area contributed by atoms with Gasteiger partial charge in [0.15, 0.2) is 6.29 Å². The number of aliphatic hydroxyl groups excluding tert-OH is 2. The van der Waals surface area contributed by atoms with Crippen molar-refractivity contribution < 1.29 is 14.9 Å². The van der Waals surface area contributed by atoms with Gasteiger partial charge in [0.1, 0.15) is 0 Å². The lowest BCUT2D eigenvalue weighted by atomic mass is 10.1. The van der Waals surface area contributed by atoms with E-state index in [0.717, 1.165) is 0 Å². The molecule has 0 bridgehead atoms. The van der Waals surface area contributed by atoms with Crippen molar-refractivity contribution in [3.05, 3.63) is 0 Å². The Morgan fingerprint density at radius 3 is 2.44 bits per heavy atom. The Morgan fingerprint density at radius 1 is 1.33 bits per heavy atom. The summed E-state index contributed by atoms with van der Waals surface area (Å²) in [6.07, 6.45) is -0.169. The molecular weight excluding hydrogens is 120 g/mol. The predicted molar refractivity (Wildman–Crippen MR) is 31.8 cm³/mol. The van der Waals surface area contributed by atoms with Gasteiger partial charge in [0.05, 0.1) is 12.2 Å². The summed E-state index contributed by atoms with van der Waals surface area (Å²) in [5.41, 5.74) is 0. The molecule has 1 saturated heterocycles. The van der Waals surface area contributed by atoms with Gasteiger partial charge in [-0.05, 0) is 13.3 Å². The SMILES string of the molecule is C[C@@H]1C[C@H](O)CC(O)O1. The largest absolute Gasteiger partial charge is 0.393 e. The van der Waals surface area contributed by atoms with Crippen LogP contribution in [0.15, 0.2) is 0 Å². The van der Waals surface area contributed by atoms with E-state index in [0.29, 0.717) is 12.8 Å². The highest BCUT2D eigenvalue weighted by Crippen LogP contribution is 2.16. The topological polar surface area (TPSA) is 49.7 Å². The lowest BCUT2D eigenvalue weighted by Crippen LogP contribution is -2.33.